The molecule has 0 N–H and O–H groups in total. The molecule has 2 aromatic rings. The van der Waals surface area contributed by atoms with Gasteiger partial charge in [-0.15, -0.1) is 0 Å². The number of methoxy groups -OCH3 is 1. The number of hydrogen-bond acceptors (Lipinski definition) is 3. The van der Waals surface area contributed by atoms with Crippen LogP contribution in [0.5, 0.6) is 17.2 Å². The summed E-state index contributed by atoms with van der Waals surface area (Å²) < 4.78 is 12.7. The molecule has 0 aliphatic carbocycles. The van der Waals surface area contributed by atoms with Crippen LogP contribution >= 0.6 is 0 Å². The van der Waals surface area contributed by atoms with E-state index in [1.54, 1.807) is 13.3 Å². The summed E-state index contributed by atoms with van der Waals surface area (Å²) in [6.45, 7) is 4.14. The minimum Gasteiger partial charge on any atom is -0.497 e. The minimum absolute atomic E-state index is 0.331. The number of nitrogens with zero attached hydrogens (tertiary/aromatic N) is 2. The van der Waals surface area contributed by atoms with Crippen molar-refractivity contribution in [2.24, 2.45) is 0 Å². The van der Waals surface area contributed by atoms with Gasteiger partial charge in [0.2, 0.25) is 0 Å². The van der Waals surface area contributed by atoms with Crippen LogP contribution in [-0.4, -0.2) is 16.9 Å². The first kappa shape index (κ1) is 11.5. The van der Waals surface area contributed by atoms with Crippen LogP contribution in [0.4, 0.5) is 0 Å². The van der Waals surface area contributed by atoms with Crippen molar-refractivity contribution in [1.82, 2.24) is 9.78 Å². The van der Waals surface area contributed by atoms with Crippen molar-refractivity contribution in [1.29, 1.82) is 0 Å². The molecule has 2 rings (SSSR count). The molecule has 1 heterocycles. The molecular formula is C13H16N2O2. The van der Waals surface area contributed by atoms with Crippen LogP contribution in [0.25, 0.3) is 0 Å². The van der Waals surface area contributed by atoms with Crippen LogP contribution in [0, 0.1) is 0 Å². The highest BCUT2D eigenvalue weighted by Crippen LogP contribution is 2.25. The highest BCUT2D eigenvalue weighted by molar-refractivity contribution is 5.35. The fourth-order valence-corrected chi connectivity index (χ4v) is 1.46. The number of benzene rings is 1. The summed E-state index contributed by atoms with van der Waals surface area (Å²) in [5.74, 6) is 2.25. The van der Waals surface area contributed by atoms with Crippen molar-refractivity contribution in [3.63, 3.8) is 0 Å². The van der Waals surface area contributed by atoms with Crippen molar-refractivity contribution in [2.75, 3.05) is 7.11 Å². The number of hydrogen-bond donors (Lipinski definition) is 0. The average molecular weight is 232 g/mol. The molecular weight excluding hydrogens is 216 g/mol. The summed E-state index contributed by atoms with van der Waals surface area (Å²) in [5.41, 5.74) is 0. The van der Waals surface area contributed by atoms with Crippen LogP contribution in [-0.2, 0) is 0 Å². The Bertz CT molecular complexity index is 492. The molecule has 0 fully saturated rings. The van der Waals surface area contributed by atoms with Crippen LogP contribution in [0.1, 0.15) is 19.9 Å². The summed E-state index contributed by atoms with van der Waals surface area (Å²) >= 11 is 0. The molecule has 90 valence electrons. The summed E-state index contributed by atoms with van der Waals surface area (Å²) in [7, 11) is 1.63. The molecule has 0 atom stereocenters. The Morgan fingerprint density at radius 1 is 1.18 bits per heavy atom. The lowest BCUT2D eigenvalue weighted by molar-refractivity contribution is 0.409. The van der Waals surface area contributed by atoms with Crippen molar-refractivity contribution >= 4 is 0 Å². The van der Waals surface area contributed by atoms with E-state index in [9.17, 15) is 0 Å². The van der Waals surface area contributed by atoms with Crippen LogP contribution in [0.3, 0.4) is 0 Å². The normalized spacial score (nSPS) is 10.6. The first-order chi connectivity index (χ1) is 8.19. The summed E-state index contributed by atoms with van der Waals surface area (Å²) in [6, 6.07) is 7.82. The quantitative estimate of drug-likeness (QED) is 0.811. The van der Waals surface area contributed by atoms with E-state index in [2.05, 4.69) is 18.9 Å². The van der Waals surface area contributed by atoms with Crippen molar-refractivity contribution in [3.05, 3.63) is 36.7 Å². The smallest absolute Gasteiger partial charge is 0.165 e. The molecule has 1 aromatic heterocycles. The van der Waals surface area contributed by atoms with Gasteiger partial charge in [-0.05, 0) is 26.0 Å². The molecule has 17 heavy (non-hydrogen) atoms. The highest BCUT2D eigenvalue weighted by atomic mass is 16.5. The predicted octanol–water partition coefficient (Wildman–Crippen LogP) is 3.26. The maximum absolute atomic E-state index is 5.69. The van der Waals surface area contributed by atoms with Crippen molar-refractivity contribution in [2.45, 2.75) is 19.9 Å². The van der Waals surface area contributed by atoms with E-state index < -0.39 is 0 Å². The van der Waals surface area contributed by atoms with Gasteiger partial charge in [-0.3, -0.25) is 4.68 Å². The zero-order valence-electron chi connectivity index (χ0n) is 10.3. The maximum atomic E-state index is 5.69. The number of aromatic nitrogens is 2. The van der Waals surface area contributed by atoms with E-state index in [4.69, 9.17) is 9.47 Å². The lowest BCUT2D eigenvalue weighted by Crippen LogP contribution is -1.99. The van der Waals surface area contributed by atoms with E-state index in [-0.39, 0.29) is 0 Å². The Labute approximate surface area is 101 Å². The topological polar surface area (TPSA) is 36.3 Å². The van der Waals surface area contributed by atoms with Gasteiger partial charge in [-0.2, -0.15) is 5.10 Å². The minimum atomic E-state index is 0.331. The molecule has 4 heteroatoms. The van der Waals surface area contributed by atoms with E-state index >= 15 is 0 Å². The molecule has 0 radical (unpaired) electrons. The zero-order valence-corrected chi connectivity index (χ0v) is 10.3. The summed E-state index contributed by atoms with van der Waals surface area (Å²) in [4.78, 5) is 0. The van der Waals surface area contributed by atoms with Crippen LogP contribution in [0.2, 0.25) is 0 Å². The van der Waals surface area contributed by atoms with Gasteiger partial charge in [0.25, 0.3) is 0 Å². The fraction of sp³-hybridized carbons (Fsp3) is 0.308. The third-order valence-electron chi connectivity index (χ3n) is 2.38. The van der Waals surface area contributed by atoms with Gasteiger partial charge in [0.1, 0.15) is 11.5 Å². The molecule has 0 aliphatic heterocycles. The van der Waals surface area contributed by atoms with Crippen molar-refractivity contribution in [3.8, 4) is 17.2 Å². The van der Waals surface area contributed by atoms with E-state index in [0.29, 0.717) is 6.04 Å². The fourth-order valence-electron chi connectivity index (χ4n) is 1.46. The predicted molar refractivity (Wildman–Crippen MR) is 65.7 cm³/mol. The molecule has 4 nitrogen and oxygen atoms in total. The van der Waals surface area contributed by atoms with Gasteiger partial charge in [-0.25, -0.2) is 0 Å². The second-order valence-electron chi connectivity index (χ2n) is 4.03. The lowest BCUT2D eigenvalue weighted by atomic mass is 10.3. The molecule has 1 aromatic carbocycles. The molecule has 0 saturated carbocycles. The van der Waals surface area contributed by atoms with Gasteiger partial charge in [-0.1, -0.05) is 6.07 Å². The molecule has 0 bridgehead atoms. The van der Waals surface area contributed by atoms with E-state index in [1.165, 1.54) is 0 Å². The molecule has 0 aliphatic rings. The Morgan fingerprint density at radius 2 is 1.94 bits per heavy atom. The Morgan fingerprint density at radius 3 is 2.59 bits per heavy atom. The van der Waals surface area contributed by atoms with Crippen LogP contribution < -0.4 is 9.47 Å². The second kappa shape index (κ2) is 4.91. The first-order valence-corrected chi connectivity index (χ1v) is 5.55. The third kappa shape index (κ3) is 2.78. The molecule has 0 spiro atoms. The van der Waals surface area contributed by atoms with E-state index in [0.717, 1.165) is 17.2 Å². The van der Waals surface area contributed by atoms with E-state index in [1.807, 2.05) is 35.1 Å². The number of ether oxygens (including phenoxy) is 2. The molecule has 0 unspecified atom stereocenters. The van der Waals surface area contributed by atoms with Gasteiger partial charge >= 0.3 is 0 Å². The second-order valence-corrected chi connectivity index (χ2v) is 4.03. The van der Waals surface area contributed by atoms with Gasteiger partial charge in [0.15, 0.2) is 5.75 Å². The Hall–Kier alpha value is -1.97. The molecule has 0 amide bonds. The highest BCUT2D eigenvalue weighted by Gasteiger charge is 2.04. The van der Waals surface area contributed by atoms with Gasteiger partial charge in [0, 0.05) is 12.1 Å². The van der Waals surface area contributed by atoms with Crippen molar-refractivity contribution < 1.29 is 9.47 Å². The summed E-state index contributed by atoms with van der Waals surface area (Å²) in [6.07, 6.45) is 3.59. The first-order valence-electron chi connectivity index (χ1n) is 5.55. The Balaban J connectivity index is 2.13. The lowest BCUT2D eigenvalue weighted by Gasteiger charge is -2.05. The standard InChI is InChI=1S/C13H16N2O2/c1-10(2)15-9-13(8-14-15)17-12-6-4-5-11(7-12)16-3/h4-10H,1-3H3. The Kier molecular flexibility index (Phi) is 3.32. The van der Waals surface area contributed by atoms with Gasteiger partial charge < -0.3 is 9.47 Å². The van der Waals surface area contributed by atoms with Gasteiger partial charge in [0.05, 0.1) is 19.5 Å². The van der Waals surface area contributed by atoms with Crippen LogP contribution in [0.15, 0.2) is 36.7 Å². The maximum Gasteiger partial charge on any atom is 0.165 e. The molecule has 0 saturated heterocycles. The largest absolute Gasteiger partial charge is 0.497 e. The SMILES string of the molecule is COc1cccc(Oc2cnn(C(C)C)c2)c1. The summed E-state index contributed by atoms with van der Waals surface area (Å²) in [5, 5.41) is 4.21. The zero-order chi connectivity index (χ0) is 12.3. The average Bonchev–Trinajstić information content (AvgIpc) is 2.78. The third-order valence-corrected chi connectivity index (χ3v) is 2.38. The monoisotopic (exact) mass is 232 g/mol. The number of rotatable bonds is 4.